The molecule has 0 radical (unpaired) electrons. The Morgan fingerprint density at radius 1 is 1.09 bits per heavy atom. The van der Waals surface area contributed by atoms with E-state index < -0.39 is 9.05 Å². The molecule has 2 aromatic rings. The molecule has 0 heterocycles. The van der Waals surface area contributed by atoms with E-state index >= 15 is 0 Å². The van der Waals surface area contributed by atoms with Gasteiger partial charge in [-0.15, -0.1) is 0 Å². The van der Waals surface area contributed by atoms with Gasteiger partial charge in [-0.25, -0.2) is 8.42 Å². The number of hydrogen-bond acceptors (Lipinski definition) is 4. The molecular formula is C16H16ClNO4S. The zero-order chi connectivity index (χ0) is 17.2. The summed E-state index contributed by atoms with van der Waals surface area (Å²) in [5.74, 6) is 0.0422. The summed E-state index contributed by atoms with van der Waals surface area (Å²) in [5.41, 5.74) is 2.04. The Bertz CT molecular complexity index is 847. The maximum absolute atomic E-state index is 12.0. The third kappa shape index (κ3) is 3.83. The van der Waals surface area contributed by atoms with E-state index in [1.54, 1.807) is 44.4 Å². The summed E-state index contributed by atoms with van der Waals surface area (Å²) in [4.78, 5) is 13.4. The van der Waals surface area contributed by atoms with E-state index in [0.717, 1.165) is 11.1 Å². The molecule has 0 aromatic heterocycles. The van der Waals surface area contributed by atoms with Crippen molar-refractivity contribution in [2.45, 2.75) is 4.90 Å². The molecule has 5 nitrogen and oxygen atoms in total. The van der Waals surface area contributed by atoms with E-state index in [4.69, 9.17) is 15.4 Å². The van der Waals surface area contributed by atoms with Gasteiger partial charge in [-0.1, -0.05) is 18.2 Å². The van der Waals surface area contributed by atoms with Gasteiger partial charge in [0.25, 0.3) is 15.0 Å². The maximum atomic E-state index is 12.0. The molecule has 0 atom stereocenters. The number of rotatable bonds is 4. The van der Waals surface area contributed by atoms with E-state index in [1.165, 1.54) is 18.1 Å². The summed E-state index contributed by atoms with van der Waals surface area (Å²) in [5, 5.41) is 0. The molecule has 0 spiro atoms. The zero-order valence-electron chi connectivity index (χ0n) is 12.9. The van der Waals surface area contributed by atoms with E-state index in [0.29, 0.717) is 5.56 Å². The Morgan fingerprint density at radius 2 is 1.74 bits per heavy atom. The third-order valence-electron chi connectivity index (χ3n) is 3.28. The Balaban J connectivity index is 2.51. The van der Waals surface area contributed by atoms with Crippen molar-refractivity contribution < 1.29 is 17.9 Å². The van der Waals surface area contributed by atoms with Gasteiger partial charge in [0.05, 0.1) is 7.11 Å². The van der Waals surface area contributed by atoms with Crippen molar-refractivity contribution in [3.63, 3.8) is 0 Å². The van der Waals surface area contributed by atoms with Gasteiger partial charge >= 0.3 is 0 Å². The first-order valence-electron chi connectivity index (χ1n) is 6.69. The normalized spacial score (nSPS) is 11.1. The van der Waals surface area contributed by atoms with E-state index in [-0.39, 0.29) is 16.6 Å². The zero-order valence-corrected chi connectivity index (χ0v) is 14.5. The van der Waals surface area contributed by atoms with E-state index in [1.807, 2.05) is 6.07 Å². The summed E-state index contributed by atoms with van der Waals surface area (Å²) in [7, 11) is 6.22. The van der Waals surface area contributed by atoms with Gasteiger partial charge in [0.15, 0.2) is 0 Å². The Kier molecular flexibility index (Phi) is 4.97. The lowest BCUT2D eigenvalue weighted by Gasteiger charge is -2.12. The Labute approximate surface area is 139 Å². The molecular weight excluding hydrogens is 338 g/mol. The lowest BCUT2D eigenvalue weighted by atomic mass is 10.0. The molecule has 0 fully saturated rings. The number of benzene rings is 2. The van der Waals surface area contributed by atoms with Crippen LogP contribution in [0.3, 0.4) is 0 Å². The molecule has 2 aromatic carbocycles. The second kappa shape index (κ2) is 6.60. The minimum Gasteiger partial charge on any atom is -0.495 e. The number of methoxy groups -OCH3 is 1. The van der Waals surface area contributed by atoms with Gasteiger partial charge in [-0.2, -0.15) is 0 Å². The van der Waals surface area contributed by atoms with Crippen LogP contribution in [0.2, 0.25) is 0 Å². The first-order chi connectivity index (χ1) is 10.7. The molecule has 0 saturated heterocycles. The molecule has 0 aliphatic rings. The van der Waals surface area contributed by atoms with Crippen molar-refractivity contribution in [1.29, 1.82) is 0 Å². The quantitative estimate of drug-likeness (QED) is 0.793. The fraction of sp³-hybridized carbons (Fsp3) is 0.188. The molecule has 0 bridgehead atoms. The summed E-state index contributed by atoms with van der Waals surface area (Å²) in [6.07, 6.45) is 0. The monoisotopic (exact) mass is 353 g/mol. The number of carbonyl (C=O) groups is 1. The first kappa shape index (κ1) is 17.3. The third-order valence-corrected chi connectivity index (χ3v) is 4.64. The second-order valence-electron chi connectivity index (χ2n) is 5.08. The number of nitrogens with zero attached hydrogens (tertiary/aromatic N) is 1. The minimum absolute atomic E-state index is 0.0917. The molecule has 0 unspecified atom stereocenters. The summed E-state index contributed by atoms with van der Waals surface area (Å²) in [6.45, 7) is 0. The van der Waals surface area contributed by atoms with Crippen molar-refractivity contribution in [3.8, 4) is 16.9 Å². The van der Waals surface area contributed by atoms with E-state index in [2.05, 4.69) is 0 Å². The molecule has 0 N–H and O–H groups in total. The average molecular weight is 354 g/mol. The molecule has 1 amide bonds. The van der Waals surface area contributed by atoms with Crippen molar-refractivity contribution >= 4 is 25.6 Å². The summed E-state index contributed by atoms with van der Waals surface area (Å²) >= 11 is 0. The molecule has 0 saturated carbocycles. The van der Waals surface area contributed by atoms with Gasteiger partial charge < -0.3 is 9.64 Å². The first-order valence-corrected chi connectivity index (χ1v) is 9.00. The van der Waals surface area contributed by atoms with Gasteiger partial charge in [-0.05, 0) is 35.4 Å². The van der Waals surface area contributed by atoms with E-state index in [9.17, 15) is 13.2 Å². The SMILES string of the molecule is COc1cc(-c2cccc(C(=O)N(C)C)c2)ccc1S(=O)(=O)Cl. The van der Waals surface area contributed by atoms with Crippen LogP contribution in [0.1, 0.15) is 10.4 Å². The van der Waals surface area contributed by atoms with Crippen LogP contribution < -0.4 is 4.74 Å². The van der Waals surface area contributed by atoms with Crippen molar-refractivity contribution in [2.75, 3.05) is 21.2 Å². The number of ether oxygens (including phenoxy) is 1. The van der Waals surface area contributed by atoms with Crippen molar-refractivity contribution in [2.24, 2.45) is 0 Å². The Morgan fingerprint density at radius 3 is 2.30 bits per heavy atom. The van der Waals surface area contributed by atoms with Crippen LogP contribution >= 0.6 is 10.7 Å². The molecule has 0 aliphatic heterocycles. The molecule has 7 heteroatoms. The smallest absolute Gasteiger partial charge is 0.264 e. The van der Waals surface area contributed by atoms with Crippen molar-refractivity contribution in [1.82, 2.24) is 4.90 Å². The van der Waals surface area contributed by atoms with Crippen LogP contribution in [0.25, 0.3) is 11.1 Å². The Hall–Kier alpha value is -2.05. The minimum atomic E-state index is -3.89. The summed E-state index contributed by atoms with van der Waals surface area (Å²) < 4.78 is 28.1. The maximum Gasteiger partial charge on any atom is 0.264 e. The molecule has 2 rings (SSSR count). The second-order valence-corrected chi connectivity index (χ2v) is 7.62. The highest BCUT2D eigenvalue weighted by Crippen LogP contribution is 2.32. The topological polar surface area (TPSA) is 63.7 Å². The number of hydrogen-bond donors (Lipinski definition) is 0. The van der Waals surface area contributed by atoms with Crippen LogP contribution in [-0.4, -0.2) is 40.4 Å². The fourth-order valence-corrected chi connectivity index (χ4v) is 3.13. The molecule has 23 heavy (non-hydrogen) atoms. The lowest BCUT2D eigenvalue weighted by Crippen LogP contribution is -2.21. The molecule has 122 valence electrons. The number of amides is 1. The van der Waals surface area contributed by atoms with Gasteiger partial charge in [-0.3, -0.25) is 4.79 Å². The standard InChI is InChI=1S/C16H16ClNO4S/c1-18(2)16(19)13-6-4-5-11(9-13)12-7-8-15(23(17,20)21)14(10-12)22-3/h4-10H,1-3H3. The molecule has 0 aliphatic carbocycles. The highest BCUT2D eigenvalue weighted by Gasteiger charge is 2.17. The van der Waals surface area contributed by atoms with Crippen LogP contribution in [0, 0.1) is 0 Å². The number of carbonyl (C=O) groups excluding carboxylic acids is 1. The fourth-order valence-electron chi connectivity index (χ4n) is 2.14. The van der Waals surface area contributed by atoms with Gasteiger partial charge in [0.2, 0.25) is 0 Å². The largest absolute Gasteiger partial charge is 0.495 e. The highest BCUT2D eigenvalue weighted by molar-refractivity contribution is 8.13. The van der Waals surface area contributed by atoms with Crippen molar-refractivity contribution in [3.05, 3.63) is 48.0 Å². The lowest BCUT2D eigenvalue weighted by molar-refractivity contribution is 0.0827. The van der Waals surface area contributed by atoms with Crippen LogP contribution in [0.5, 0.6) is 5.75 Å². The average Bonchev–Trinajstić information content (AvgIpc) is 2.52. The summed E-state index contributed by atoms with van der Waals surface area (Å²) in [6, 6.07) is 11.6. The van der Waals surface area contributed by atoms with Crippen LogP contribution in [-0.2, 0) is 9.05 Å². The highest BCUT2D eigenvalue weighted by atomic mass is 35.7. The van der Waals surface area contributed by atoms with Gasteiger partial charge in [0, 0.05) is 30.3 Å². The number of halogens is 1. The van der Waals surface area contributed by atoms with Gasteiger partial charge in [0.1, 0.15) is 10.6 Å². The predicted octanol–water partition coefficient (Wildman–Crippen LogP) is 2.99. The van der Waals surface area contributed by atoms with Crippen LogP contribution in [0.15, 0.2) is 47.4 Å². The predicted molar refractivity (Wildman–Crippen MR) is 89.5 cm³/mol. The van der Waals surface area contributed by atoms with Crippen LogP contribution in [0.4, 0.5) is 0 Å².